The van der Waals surface area contributed by atoms with Gasteiger partial charge in [-0.3, -0.25) is 0 Å². The number of rotatable bonds is 5. The number of nitrogens with one attached hydrogen (secondary N) is 1. The van der Waals surface area contributed by atoms with Gasteiger partial charge in [0.25, 0.3) is 0 Å². The van der Waals surface area contributed by atoms with Gasteiger partial charge in [0.05, 0.1) is 6.61 Å². The first-order valence-electron chi connectivity index (χ1n) is 5.30. The number of aliphatic hydroxyl groups excluding tert-OH is 1. The molecule has 0 fully saturated rings. The topological polar surface area (TPSA) is 32.3 Å². The van der Waals surface area contributed by atoms with Crippen LogP contribution in [0.4, 0.5) is 4.39 Å². The van der Waals surface area contributed by atoms with Crippen molar-refractivity contribution in [3.05, 3.63) is 35.6 Å². The maximum absolute atomic E-state index is 13.4. The van der Waals surface area contributed by atoms with Gasteiger partial charge in [0, 0.05) is 17.6 Å². The van der Waals surface area contributed by atoms with Crippen LogP contribution in [0.25, 0.3) is 0 Å². The molecule has 0 radical (unpaired) electrons. The zero-order valence-electron chi connectivity index (χ0n) is 9.20. The molecule has 2 atom stereocenters. The van der Waals surface area contributed by atoms with E-state index in [1.165, 1.54) is 6.07 Å². The van der Waals surface area contributed by atoms with Crippen molar-refractivity contribution in [3.63, 3.8) is 0 Å². The fraction of sp³-hybridized carbons (Fsp3) is 0.500. The lowest BCUT2D eigenvalue weighted by Gasteiger charge is -2.21. The van der Waals surface area contributed by atoms with E-state index in [2.05, 4.69) is 5.32 Å². The summed E-state index contributed by atoms with van der Waals surface area (Å²) in [5.41, 5.74) is 0.643. The Kier molecular flexibility index (Phi) is 4.72. The molecule has 0 aromatic heterocycles. The smallest absolute Gasteiger partial charge is 0.127 e. The van der Waals surface area contributed by atoms with E-state index >= 15 is 0 Å². The highest BCUT2D eigenvalue weighted by Gasteiger charge is 2.13. The van der Waals surface area contributed by atoms with Gasteiger partial charge in [0.2, 0.25) is 0 Å². The molecular weight excluding hydrogens is 193 g/mol. The van der Waals surface area contributed by atoms with Crippen LogP contribution in [0.2, 0.25) is 0 Å². The number of halogens is 1. The third-order valence-corrected chi connectivity index (χ3v) is 2.57. The van der Waals surface area contributed by atoms with Crippen molar-refractivity contribution in [1.82, 2.24) is 5.32 Å². The minimum absolute atomic E-state index is 0.0274. The van der Waals surface area contributed by atoms with E-state index in [-0.39, 0.29) is 24.5 Å². The third-order valence-electron chi connectivity index (χ3n) is 2.57. The lowest BCUT2D eigenvalue weighted by molar-refractivity contribution is 0.229. The maximum Gasteiger partial charge on any atom is 0.127 e. The molecule has 0 saturated carbocycles. The van der Waals surface area contributed by atoms with E-state index in [9.17, 15) is 4.39 Å². The van der Waals surface area contributed by atoms with Crippen LogP contribution in [0.5, 0.6) is 0 Å². The second-order valence-electron chi connectivity index (χ2n) is 3.70. The fourth-order valence-electron chi connectivity index (χ4n) is 1.57. The van der Waals surface area contributed by atoms with Gasteiger partial charge in [0.1, 0.15) is 5.82 Å². The van der Waals surface area contributed by atoms with E-state index in [1.807, 2.05) is 19.9 Å². The summed E-state index contributed by atoms with van der Waals surface area (Å²) in [7, 11) is 0. The number of hydrogen-bond acceptors (Lipinski definition) is 2. The van der Waals surface area contributed by atoms with Crippen LogP contribution in [0.3, 0.4) is 0 Å². The molecule has 84 valence electrons. The highest BCUT2D eigenvalue weighted by molar-refractivity contribution is 5.20. The molecular formula is C12H18FNO. The van der Waals surface area contributed by atoms with Gasteiger partial charge in [-0.2, -0.15) is 0 Å². The molecule has 2 N–H and O–H groups in total. The van der Waals surface area contributed by atoms with Crippen molar-refractivity contribution in [2.75, 3.05) is 6.61 Å². The molecule has 0 aliphatic carbocycles. The summed E-state index contributed by atoms with van der Waals surface area (Å²) in [6, 6.07) is 6.65. The highest BCUT2D eigenvalue weighted by atomic mass is 19.1. The normalized spacial score (nSPS) is 14.9. The molecule has 3 heteroatoms. The first-order chi connectivity index (χ1) is 7.19. The molecule has 0 bridgehead atoms. The summed E-state index contributed by atoms with van der Waals surface area (Å²) in [6.07, 6.45) is 0.829. The number of aliphatic hydroxyl groups is 1. The zero-order valence-corrected chi connectivity index (χ0v) is 9.20. The molecule has 0 aliphatic rings. The molecule has 0 saturated heterocycles. The van der Waals surface area contributed by atoms with E-state index in [4.69, 9.17) is 5.11 Å². The van der Waals surface area contributed by atoms with Gasteiger partial charge in [-0.1, -0.05) is 25.1 Å². The van der Waals surface area contributed by atoms with Crippen molar-refractivity contribution in [1.29, 1.82) is 0 Å². The molecule has 0 unspecified atom stereocenters. The van der Waals surface area contributed by atoms with Crippen LogP contribution in [-0.2, 0) is 0 Å². The molecule has 0 aliphatic heterocycles. The highest BCUT2D eigenvalue weighted by Crippen LogP contribution is 2.16. The Morgan fingerprint density at radius 1 is 1.40 bits per heavy atom. The summed E-state index contributed by atoms with van der Waals surface area (Å²) in [4.78, 5) is 0. The first kappa shape index (κ1) is 12.1. The maximum atomic E-state index is 13.4. The predicted octanol–water partition coefficient (Wildman–Crippen LogP) is 2.25. The van der Waals surface area contributed by atoms with Gasteiger partial charge in [-0.25, -0.2) is 4.39 Å². The Morgan fingerprint density at radius 3 is 2.60 bits per heavy atom. The lowest BCUT2D eigenvalue weighted by Crippen LogP contribution is -2.34. The van der Waals surface area contributed by atoms with Crippen molar-refractivity contribution < 1.29 is 9.50 Å². The minimum Gasteiger partial charge on any atom is -0.395 e. The van der Waals surface area contributed by atoms with E-state index in [0.29, 0.717) is 5.56 Å². The molecule has 0 amide bonds. The Morgan fingerprint density at radius 2 is 2.07 bits per heavy atom. The molecule has 0 heterocycles. The van der Waals surface area contributed by atoms with Crippen LogP contribution in [0.15, 0.2) is 24.3 Å². The molecule has 0 spiro atoms. The zero-order chi connectivity index (χ0) is 11.3. The van der Waals surface area contributed by atoms with E-state index in [0.717, 1.165) is 6.42 Å². The van der Waals surface area contributed by atoms with Crippen molar-refractivity contribution in [3.8, 4) is 0 Å². The quantitative estimate of drug-likeness (QED) is 0.783. The van der Waals surface area contributed by atoms with Crippen LogP contribution >= 0.6 is 0 Å². The monoisotopic (exact) mass is 211 g/mol. The van der Waals surface area contributed by atoms with Crippen molar-refractivity contribution in [2.24, 2.45) is 0 Å². The Labute approximate surface area is 90.1 Å². The van der Waals surface area contributed by atoms with Crippen molar-refractivity contribution in [2.45, 2.75) is 32.4 Å². The molecule has 15 heavy (non-hydrogen) atoms. The second-order valence-corrected chi connectivity index (χ2v) is 3.70. The molecule has 1 aromatic rings. The van der Waals surface area contributed by atoms with Crippen LogP contribution in [0.1, 0.15) is 31.9 Å². The summed E-state index contributed by atoms with van der Waals surface area (Å²) in [6.45, 7) is 3.97. The molecule has 2 nitrogen and oxygen atoms in total. The summed E-state index contributed by atoms with van der Waals surface area (Å²) >= 11 is 0. The lowest BCUT2D eigenvalue weighted by atomic mass is 10.1. The first-order valence-corrected chi connectivity index (χ1v) is 5.30. The van der Waals surface area contributed by atoms with Crippen LogP contribution in [-0.4, -0.2) is 17.8 Å². The Balaban J connectivity index is 2.68. The van der Waals surface area contributed by atoms with E-state index in [1.54, 1.807) is 12.1 Å². The average Bonchev–Trinajstić information content (AvgIpc) is 2.26. The van der Waals surface area contributed by atoms with Gasteiger partial charge in [0.15, 0.2) is 0 Å². The number of benzene rings is 1. The van der Waals surface area contributed by atoms with Crippen LogP contribution < -0.4 is 5.32 Å². The second kappa shape index (κ2) is 5.83. The molecule has 1 rings (SSSR count). The van der Waals surface area contributed by atoms with Gasteiger partial charge in [-0.05, 0) is 19.4 Å². The SMILES string of the molecule is CC[C@H](CO)N[C@H](C)c1ccccc1F. The fourth-order valence-corrected chi connectivity index (χ4v) is 1.57. The minimum atomic E-state index is -0.203. The summed E-state index contributed by atoms with van der Waals surface area (Å²) < 4.78 is 13.4. The predicted molar refractivity (Wildman–Crippen MR) is 59.1 cm³/mol. The van der Waals surface area contributed by atoms with E-state index < -0.39 is 0 Å². The van der Waals surface area contributed by atoms with Crippen LogP contribution in [0, 0.1) is 5.82 Å². The third kappa shape index (κ3) is 3.29. The summed E-state index contributed by atoms with van der Waals surface area (Å²) in [5, 5.41) is 12.2. The standard InChI is InChI=1S/C12H18FNO/c1-3-10(8-15)14-9(2)11-6-4-5-7-12(11)13/h4-7,9-10,14-15H,3,8H2,1-2H3/t9-,10-/m1/s1. The Hall–Kier alpha value is -0.930. The van der Waals surface area contributed by atoms with Crippen molar-refractivity contribution >= 4 is 0 Å². The molecule has 1 aromatic carbocycles. The average molecular weight is 211 g/mol. The number of hydrogen-bond donors (Lipinski definition) is 2. The van der Waals surface area contributed by atoms with Gasteiger partial charge in [-0.15, -0.1) is 0 Å². The Bertz CT molecular complexity index is 299. The summed E-state index contributed by atoms with van der Waals surface area (Å²) in [5.74, 6) is -0.203. The van der Waals surface area contributed by atoms with Gasteiger partial charge < -0.3 is 10.4 Å². The largest absolute Gasteiger partial charge is 0.395 e. The van der Waals surface area contributed by atoms with Gasteiger partial charge >= 0.3 is 0 Å².